The largest absolute Gasteiger partial charge is 0.495 e. The molecule has 200 valence electrons. The Kier molecular flexibility index (Phi) is 9.07. The first-order valence-corrected chi connectivity index (χ1v) is 13.4. The van der Waals surface area contributed by atoms with Crippen LogP contribution >= 0.6 is 11.8 Å². The van der Waals surface area contributed by atoms with Crippen LogP contribution < -0.4 is 21.4 Å². The maximum atomic E-state index is 14.2. The van der Waals surface area contributed by atoms with E-state index < -0.39 is 18.1 Å². The number of hydrogen-bond donors (Lipinski definition) is 4. The molecule has 1 aliphatic carbocycles. The monoisotopic (exact) mass is 538 g/mol. The number of aromatic nitrogens is 1. The number of amidine groups is 1. The smallest absolute Gasteiger partial charge is 0.259 e. The Morgan fingerprint density at radius 3 is 2.89 bits per heavy atom. The second kappa shape index (κ2) is 12.6. The molecule has 3 unspecified atom stereocenters. The van der Waals surface area contributed by atoms with Crippen molar-refractivity contribution in [3.8, 4) is 11.8 Å². The van der Waals surface area contributed by atoms with Gasteiger partial charge in [0.2, 0.25) is 5.91 Å². The number of amides is 2. The Bertz CT molecular complexity index is 1240. The SMILES string of the molecule is C=CCCCC(=O)Nc1cc(C2=CC(C(C)F)NC=C2OC)c(C(=O)NC2=NNC(C#CC3CC3)S2)cn1. The first-order chi connectivity index (χ1) is 18.4. The molecule has 4 N–H and O–H groups in total. The lowest BCUT2D eigenvalue weighted by Crippen LogP contribution is -2.34. The van der Waals surface area contributed by atoms with E-state index in [2.05, 4.69) is 49.9 Å². The number of halogens is 1. The number of ether oxygens (including phenoxy) is 1. The molecule has 0 saturated heterocycles. The molecular weight excluding hydrogens is 507 g/mol. The molecule has 1 aromatic heterocycles. The van der Waals surface area contributed by atoms with E-state index >= 15 is 0 Å². The van der Waals surface area contributed by atoms with Crippen molar-refractivity contribution in [3.05, 3.63) is 54.1 Å². The van der Waals surface area contributed by atoms with Gasteiger partial charge >= 0.3 is 0 Å². The summed E-state index contributed by atoms with van der Waals surface area (Å²) < 4.78 is 19.7. The Morgan fingerprint density at radius 2 is 2.18 bits per heavy atom. The lowest BCUT2D eigenvalue weighted by Gasteiger charge is -2.25. The minimum atomic E-state index is -1.20. The van der Waals surface area contributed by atoms with Crippen LogP contribution in [0.5, 0.6) is 0 Å². The van der Waals surface area contributed by atoms with Gasteiger partial charge in [0.05, 0.1) is 18.7 Å². The van der Waals surface area contributed by atoms with E-state index in [1.807, 2.05) is 0 Å². The summed E-state index contributed by atoms with van der Waals surface area (Å²) in [5.74, 6) is 6.79. The highest BCUT2D eigenvalue weighted by molar-refractivity contribution is 8.14. The number of pyridine rings is 1. The third kappa shape index (κ3) is 7.16. The number of nitrogens with one attached hydrogen (secondary N) is 4. The summed E-state index contributed by atoms with van der Waals surface area (Å²) >= 11 is 1.31. The maximum absolute atomic E-state index is 14.2. The fourth-order valence-corrected chi connectivity index (χ4v) is 4.45. The quantitative estimate of drug-likeness (QED) is 0.215. The number of dihydropyridines is 1. The van der Waals surface area contributed by atoms with Gasteiger partial charge in [0.25, 0.3) is 5.91 Å². The lowest BCUT2D eigenvalue weighted by molar-refractivity contribution is -0.116. The normalized spacial score (nSPS) is 20.8. The van der Waals surface area contributed by atoms with Gasteiger partial charge in [-0.1, -0.05) is 17.9 Å². The van der Waals surface area contributed by atoms with Gasteiger partial charge in [-0.15, -0.1) is 6.58 Å². The number of alkyl halides is 1. The average molecular weight is 539 g/mol. The van der Waals surface area contributed by atoms with Crippen molar-refractivity contribution < 1.29 is 18.7 Å². The van der Waals surface area contributed by atoms with Crippen LogP contribution in [-0.4, -0.2) is 46.7 Å². The van der Waals surface area contributed by atoms with Gasteiger partial charge in [0.1, 0.15) is 17.7 Å². The van der Waals surface area contributed by atoms with E-state index in [1.165, 1.54) is 32.0 Å². The molecule has 4 rings (SSSR count). The molecule has 3 atom stereocenters. The molecule has 0 aromatic carbocycles. The number of unbranched alkanes of at least 4 members (excludes halogenated alkanes) is 1. The van der Waals surface area contributed by atoms with Crippen LogP contribution in [0.1, 0.15) is 54.9 Å². The summed E-state index contributed by atoms with van der Waals surface area (Å²) in [5, 5.41) is 12.9. The average Bonchev–Trinajstić information content (AvgIpc) is 3.64. The van der Waals surface area contributed by atoms with E-state index in [0.717, 1.165) is 19.3 Å². The van der Waals surface area contributed by atoms with E-state index in [9.17, 15) is 14.0 Å². The third-order valence-corrected chi connectivity index (χ3v) is 6.86. The molecule has 0 radical (unpaired) electrons. The zero-order valence-corrected chi connectivity index (χ0v) is 22.2. The van der Waals surface area contributed by atoms with Gasteiger partial charge in [0.15, 0.2) is 10.5 Å². The molecule has 9 nitrogen and oxygen atoms in total. The highest BCUT2D eigenvalue weighted by Gasteiger charge is 2.27. The van der Waals surface area contributed by atoms with Crippen molar-refractivity contribution in [2.75, 3.05) is 12.4 Å². The van der Waals surface area contributed by atoms with Crippen LogP contribution in [0, 0.1) is 17.8 Å². The summed E-state index contributed by atoms with van der Waals surface area (Å²) in [4.78, 5) is 30.1. The van der Waals surface area contributed by atoms with E-state index in [4.69, 9.17) is 4.74 Å². The van der Waals surface area contributed by atoms with Crippen molar-refractivity contribution in [2.45, 2.75) is 56.6 Å². The number of nitrogens with zero attached hydrogens (tertiary/aromatic N) is 2. The summed E-state index contributed by atoms with van der Waals surface area (Å²) in [5.41, 5.74) is 4.06. The molecular formula is C27H31FN6O3S. The minimum absolute atomic E-state index is 0.208. The van der Waals surface area contributed by atoms with Crippen LogP contribution in [0.15, 0.2) is 48.1 Å². The van der Waals surface area contributed by atoms with Crippen LogP contribution in [-0.2, 0) is 9.53 Å². The maximum Gasteiger partial charge on any atom is 0.259 e. The summed E-state index contributed by atoms with van der Waals surface area (Å²) in [6.45, 7) is 5.11. The Balaban J connectivity index is 1.59. The molecule has 2 amide bonds. The number of thioether (sulfide) groups is 1. The number of hydrazone groups is 1. The van der Waals surface area contributed by atoms with Crippen molar-refractivity contribution in [2.24, 2.45) is 11.0 Å². The second-order valence-corrected chi connectivity index (χ2v) is 10.2. The second-order valence-electron chi connectivity index (χ2n) is 9.07. The van der Waals surface area contributed by atoms with Crippen molar-refractivity contribution >= 4 is 40.1 Å². The van der Waals surface area contributed by atoms with Crippen molar-refractivity contribution in [1.29, 1.82) is 0 Å². The molecule has 0 bridgehead atoms. The van der Waals surface area contributed by atoms with E-state index in [-0.39, 0.29) is 22.7 Å². The molecule has 1 aromatic rings. The number of allylic oxidation sites excluding steroid dienone is 2. The predicted molar refractivity (Wildman–Crippen MR) is 147 cm³/mol. The van der Waals surface area contributed by atoms with Gasteiger partial charge in [0, 0.05) is 35.9 Å². The first-order valence-electron chi connectivity index (χ1n) is 12.5. The molecule has 2 aliphatic heterocycles. The molecule has 3 aliphatic rings. The van der Waals surface area contributed by atoms with Gasteiger partial charge in [-0.25, -0.2) is 9.37 Å². The summed E-state index contributed by atoms with van der Waals surface area (Å²) in [7, 11) is 1.49. The Labute approximate surface area is 225 Å². The molecule has 1 fully saturated rings. The molecule has 3 heterocycles. The van der Waals surface area contributed by atoms with Crippen LogP contribution in [0.3, 0.4) is 0 Å². The van der Waals surface area contributed by atoms with E-state index in [1.54, 1.807) is 24.4 Å². The Morgan fingerprint density at radius 1 is 1.37 bits per heavy atom. The van der Waals surface area contributed by atoms with Crippen LogP contribution in [0.2, 0.25) is 0 Å². The van der Waals surface area contributed by atoms with E-state index in [0.29, 0.717) is 40.8 Å². The van der Waals surface area contributed by atoms with Gasteiger partial charge in [-0.05, 0) is 56.5 Å². The zero-order chi connectivity index (χ0) is 27.1. The zero-order valence-electron chi connectivity index (χ0n) is 21.3. The van der Waals surface area contributed by atoms with Crippen LogP contribution in [0.25, 0.3) is 5.57 Å². The minimum Gasteiger partial charge on any atom is -0.495 e. The number of anilines is 1. The predicted octanol–water partition coefficient (Wildman–Crippen LogP) is 3.65. The van der Waals surface area contributed by atoms with Gasteiger partial charge in [-0.3, -0.25) is 20.3 Å². The van der Waals surface area contributed by atoms with Gasteiger partial charge < -0.3 is 15.4 Å². The number of carbonyl (C=O) groups is 2. The lowest BCUT2D eigenvalue weighted by atomic mass is 9.94. The number of carbonyl (C=O) groups excluding carboxylic acids is 2. The molecule has 0 spiro atoms. The fourth-order valence-electron chi connectivity index (χ4n) is 3.74. The highest BCUT2D eigenvalue weighted by Crippen LogP contribution is 2.32. The standard InChI is InChI=1S/C27H31FN6O3S/c1-4-5-6-7-24(35)31-23-13-18(19-12-21(16(2)28)29-15-22(19)37-3)20(14-30-23)26(36)32-27-34-33-25(38-27)11-10-17-8-9-17/h4,12-17,21,25,29,33H,1,5-9H2,2-3H3,(H,30,31,35)(H,32,34,36). The topological polar surface area (TPSA) is 117 Å². The van der Waals surface area contributed by atoms with Crippen molar-refractivity contribution in [3.63, 3.8) is 0 Å². The third-order valence-electron chi connectivity index (χ3n) is 5.98. The summed E-state index contributed by atoms with van der Waals surface area (Å²) in [6, 6.07) is 0.963. The highest BCUT2D eigenvalue weighted by atomic mass is 32.2. The number of hydrogen-bond acceptors (Lipinski definition) is 8. The van der Waals surface area contributed by atoms with Crippen LogP contribution in [0.4, 0.5) is 10.2 Å². The number of rotatable bonds is 9. The fraction of sp³-hybridized carbons (Fsp3) is 0.407. The first kappa shape index (κ1) is 27.3. The molecule has 1 saturated carbocycles. The molecule has 11 heteroatoms. The number of methoxy groups -OCH3 is 1. The van der Waals surface area contributed by atoms with Crippen molar-refractivity contribution in [1.82, 2.24) is 21.0 Å². The summed E-state index contributed by atoms with van der Waals surface area (Å²) in [6.07, 6.45) is 9.10. The van der Waals surface area contributed by atoms with Gasteiger partial charge in [-0.2, -0.15) is 5.10 Å². The Hall–Kier alpha value is -3.78. The molecule has 38 heavy (non-hydrogen) atoms.